The summed E-state index contributed by atoms with van der Waals surface area (Å²) < 4.78 is 16.1. The highest BCUT2D eigenvalue weighted by Crippen LogP contribution is 2.62. The number of benzene rings is 1. The second kappa shape index (κ2) is 7.57. The van der Waals surface area contributed by atoms with E-state index in [0.29, 0.717) is 36.1 Å². The lowest BCUT2D eigenvalue weighted by atomic mass is 9.54. The molecule has 3 unspecified atom stereocenters. The highest BCUT2D eigenvalue weighted by atomic mass is 19.1. The number of aromatic nitrogens is 2. The smallest absolute Gasteiger partial charge is 0.224 e. The van der Waals surface area contributed by atoms with Gasteiger partial charge in [-0.3, -0.25) is 14.3 Å². The van der Waals surface area contributed by atoms with Crippen LogP contribution in [0.4, 0.5) is 10.1 Å². The second-order valence-electron chi connectivity index (χ2n) is 9.98. The number of anilines is 1. The third-order valence-corrected chi connectivity index (χ3v) is 8.29. The molecular weight excluding hydrogens is 393 g/mol. The van der Waals surface area contributed by atoms with Crippen molar-refractivity contribution in [1.82, 2.24) is 9.78 Å². The van der Waals surface area contributed by atoms with Gasteiger partial charge in [0.15, 0.2) is 0 Å². The van der Waals surface area contributed by atoms with Crippen LogP contribution in [0.15, 0.2) is 30.6 Å². The zero-order chi connectivity index (χ0) is 21.8. The first-order valence-corrected chi connectivity index (χ1v) is 11.5. The molecule has 31 heavy (non-hydrogen) atoms. The fourth-order valence-electron chi connectivity index (χ4n) is 6.92. The number of nitrogens with zero attached hydrogens (tertiary/aromatic N) is 2. The fraction of sp³-hybridized carbons (Fsp3) is 0.560. The maximum absolute atomic E-state index is 14.4. The van der Waals surface area contributed by atoms with Crippen molar-refractivity contribution < 1.29 is 14.0 Å². The molecule has 6 heteroatoms. The van der Waals surface area contributed by atoms with Crippen molar-refractivity contribution in [2.75, 3.05) is 5.32 Å². The molecule has 0 radical (unpaired) electrons. The minimum Gasteiger partial charge on any atom is -0.323 e. The van der Waals surface area contributed by atoms with Crippen LogP contribution in [0.3, 0.4) is 0 Å². The third-order valence-electron chi connectivity index (χ3n) is 8.29. The zero-order valence-electron chi connectivity index (χ0n) is 18.2. The van der Waals surface area contributed by atoms with Gasteiger partial charge in [-0.1, -0.05) is 19.1 Å². The molecule has 0 aliphatic heterocycles. The number of nitrogens with one attached hydrogen (secondary N) is 1. The van der Waals surface area contributed by atoms with Gasteiger partial charge in [0, 0.05) is 31.5 Å². The van der Waals surface area contributed by atoms with Gasteiger partial charge in [-0.2, -0.15) is 5.10 Å². The maximum Gasteiger partial charge on any atom is 0.224 e. The lowest BCUT2D eigenvalue weighted by Gasteiger charge is -2.50. The van der Waals surface area contributed by atoms with Gasteiger partial charge in [-0.25, -0.2) is 4.39 Å². The van der Waals surface area contributed by atoms with E-state index in [1.165, 1.54) is 0 Å². The largest absolute Gasteiger partial charge is 0.323 e. The topological polar surface area (TPSA) is 64.0 Å². The first-order valence-electron chi connectivity index (χ1n) is 11.5. The highest BCUT2D eigenvalue weighted by Gasteiger charge is 2.58. The lowest BCUT2D eigenvalue weighted by molar-refractivity contribution is -0.129. The van der Waals surface area contributed by atoms with E-state index in [9.17, 15) is 14.0 Å². The van der Waals surface area contributed by atoms with Crippen molar-refractivity contribution in [3.8, 4) is 0 Å². The highest BCUT2D eigenvalue weighted by molar-refractivity contribution is 5.91. The Kier molecular flexibility index (Phi) is 4.98. The van der Waals surface area contributed by atoms with E-state index >= 15 is 0 Å². The Morgan fingerprint density at radius 2 is 2.19 bits per heavy atom. The van der Waals surface area contributed by atoms with Crippen LogP contribution < -0.4 is 5.32 Å². The van der Waals surface area contributed by atoms with Crippen molar-refractivity contribution in [3.05, 3.63) is 47.5 Å². The molecular formula is C25H30FN3O2. The normalized spacial score (nSPS) is 31.6. The van der Waals surface area contributed by atoms with Crippen LogP contribution in [0, 0.1) is 29.0 Å². The van der Waals surface area contributed by atoms with Crippen LogP contribution in [-0.2, 0) is 23.1 Å². The molecule has 5 atom stereocenters. The number of halogens is 1. The van der Waals surface area contributed by atoms with Gasteiger partial charge in [0.25, 0.3) is 0 Å². The Labute approximate surface area is 182 Å². The van der Waals surface area contributed by atoms with Crippen LogP contribution in [0.5, 0.6) is 0 Å². The molecule has 1 aromatic heterocycles. The summed E-state index contributed by atoms with van der Waals surface area (Å²) in [6.07, 6.45) is 8.61. The number of amides is 1. The predicted molar refractivity (Wildman–Crippen MR) is 116 cm³/mol. The molecule has 5 nitrogen and oxygen atoms in total. The monoisotopic (exact) mass is 423 g/mol. The number of aryl methyl sites for hydroxylation is 1. The van der Waals surface area contributed by atoms with Gasteiger partial charge in [-0.05, 0) is 73.0 Å². The van der Waals surface area contributed by atoms with Gasteiger partial charge in [0.2, 0.25) is 5.91 Å². The molecule has 3 aliphatic carbocycles. The molecule has 1 amide bonds. The Morgan fingerprint density at radius 3 is 2.97 bits per heavy atom. The first kappa shape index (κ1) is 20.4. The van der Waals surface area contributed by atoms with E-state index in [2.05, 4.69) is 23.4 Å². The Morgan fingerprint density at radius 1 is 1.35 bits per heavy atom. The number of rotatable bonds is 4. The molecule has 3 aliphatic rings. The molecule has 1 heterocycles. The van der Waals surface area contributed by atoms with Gasteiger partial charge in [0.05, 0.1) is 11.9 Å². The molecule has 0 bridgehead atoms. The number of carbonyl (C=O) groups is 2. The Balaban J connectivity index is 1.34. The van der Waals surface area contributed by atoms with Gasteiger partial charge < -0.3 is 5.32 Å². The fourth-order valence-corrected chi connectivity index (χ4v) is 6.92. The summed E-state index contributed by atoms with van der Waals surface area (Å²) in [7, 11) is 1.81. The molecule has 1 aromatic carbocycles. The summed E-state index contributed by atoms with van der Waals surface area (Å²) in [5, 5.41) is 6.99. The molecule has 1 N–H and O–H groups in total. The van der Waals surface area contributed by atoms with Crippen LogP contribution in [0.1, 0.15) is 62.5 Å². The quantitative estimate of drug-likeness (QED) is 0.780. The predicted octanol–water partition coefficient (Wildman–Crippen LogP) is 4.63. The van der Waals surface area contributed by atoms with Crippen LogP contribution in [0.2, 0.25) is 0 Å². The van der Waals surface area contributed by atoms with Crippen LogP contribution >= 0.6 is 0 Å². The Bertz CT molecular complexity index is 1030. The summed E-state index contributed by atoms with van der Waals surface area (Å²) >= 11 is 0. The van der Waals surface area contributed by atoms with Crippen molar-refractivity contribution in [2.45, 2.75) is 57.8 Å². The summed E-state index contributed by atoms with van der Waals surface area (Å²) in [6.45, 7) is 2.15. The number of fused-ring (bicyclic) bond motifs is 5. The van der Waals surface area contributed by atoms with E-state index < -0.39 is 0 Å². The number of hydrogen-bond donors (Lipinski definition) is 1. The molecule has 0 spiro atoms. The van der Waals surface area contributed by atoms with E-state index in [0.717, 1.165) is 43.2 Å². The lowest BCUT2D eigenvalue weighted by Crippen LogP contribution is -2.44. The molecule has 164 valence electrons. The van der Waals surface area contributed by atoms with Crippen molar-refractivity contribution >= 4 is 17.4 Å². The minimum absolute atomic E-state index is 0.0301. The average molecular weight is 424 g/mol. The van der Waals surface area contributed by atoms with Crippen molar-refractivity contribution in [2.24, 2.45) is 30.2 Å². The van der Waals surface area contributed by atoms with E-state index in [-0.39, 0.29) is 29.0 Å². The summed E-state index contributed by atoms with van der Waals surface area (Å²) in [5.74, 6) is 1.47. The van der Waals surface area contributed by atoms with Gasteiger partial charge in [0.1, 0.15) is 11.6 Å². The van der Waals surface area contributed by atoms with E-state index in [1.807, 2.05) is 13.1 Å². The zero-order valence-corrected chi connectivity index (χ0v) is 18.2. The Hall–Kier alpha value is -2.50. The van der Waals surface area contributed by atoms with Crippen molar-refractivity contribution in [1.29, 1.82) is 0 Å². The number of ketones is 1. The maximum atomic E-state index is 14.4. The summed E-state index contributed by atoms with van der Waals surface area (Å²) in [6, 6.07) is 5.48. The number of hydrogen-bond acceptors (Lipinski definition) is 3. The second-order valence-corrected chi connectivity index (χ2v) is 9.98. The summed E-state index contributed by atoms with van der Waals surface area (Å²) in [5.41, 5.74) is 2.44. The van der Waals surface area contributed by atoms with Crippen molar-refractivity contribution in [3.63, 3.8) is 0 Å². The van der Waals surface area contributed by atoms with Crippen LogP contribution in [0.25, 0.3) is 0 Å². The number of carbonyl (C=O) groups excluding carboxylic acids is 2. The molecule has 2 saturated carbocycles. The van der Waals surface area contributed by atoms with E-state index in [1.54, 1.807) is 23.1 Å². The molecule has 2 fully saturated rings. The number of Topliss-reactive ketones (excluding diaryl/α,β-unsaturated/α-hetero) is 1. The molecule has 5 rings (SSSR count). The first-order chi connectivity index (χ1) is 14.9. The average Bonchev–Trinajstić information content (AvgIpc) is 3.26. The van der Waals surface area contributed by atoms with Gasteiger partial charge >= 0.3 is 0 Å². The van der Waals surface area contributed by atoms with Gasteiger partial charge in [-0.15, -0.1) is 0 Å². The van der Waals surface area contributed by atoms with Crippen LogP contribution in [-0.4, -0.2) is 21.5 Å². The summed E-state index contributed by atoms with van der Waals surface area (Å²) in [4.78, 5) is 25.6. The van der Waals surface area contributed by atoms with E-state index in [4.69, 9.17) is 0 Å². The third kappa shape index (κ3) is 3.40. The standard InChI is InChI=1S/C25H30FN3O2/c1-25-11-10-18-17-4-3-5-21(26)19(17)7-8-20(18)24(25)15(12-22(25)30)6-9-23(31)28-16-13-27-29(2)14-16/h3-5,13-15,18,20,24H,6-12H2,1-2H3,(H,28,31)/t15-,18?,20?,24?,25-/m1/s1. The minimum atomic E-state index is -0.295. The molecule has 2 aromatic rings. The molecule has 0 saturated heterocycles. The SMILES string of the molecule is Cn1cc(NC(=O)CC[C@@H]2CC(=O)[C@@]3(C)CCC4c5cccc(F)c5CCC4C23)cn1.